The molecule has 1 aliphatic rings. The monoisotopic (exact) mass is 376 g/mol. The number of piperazine rings is 1. The van der Waals surface area contributed by atoms with E-state index in [4.69, 9.17) is 4.74 Å². The highest BCUT2D eigenvalue weighted by atomic mass is 32.2. The normalized spacial score (nSPS) is 17.4. The minimum Gasteiger partial charge on any atom is -0.496 e. The Morgan fingerprint density at radius 2 is 1.81 bits per heavy atom. The molecule has 0 unspecified atom stereocenters. The van der Waals surface area contributed by atoms with Crippen LogP contribution < -0.4 is 4.74 Å². The quantitative estimate of drug-likeness (QED) is 0.715. The second-order valence-corrected chi connectivity index (χ2v) is 8.06. The summed E-state index contributed by atoms with van der Waals surface area (Å²) in [5.74, 6) is 0.593. The number of hydrogen-bond acceptors (Lipinski definition) is 4. The van der Waals surface area contributed by atoms with Gasteiger partial charge in [-0.2, -0.15) is 4.31 Å². The lowest BCUT2D eigenvalue weighted by atomic mass is 10.2. The summed E-state index contributed by atoms with van der Waals surface area (Å²) < 4.78 is 32.7. The molecule has 1 heterocycles. The van der Waals surface area contributed by atoms with Gasteiger partial charge < -0.3 is 9.64 Å². The Hall–Kier alpha value is -2.05. The van der Waals surface area contributed by atoms with Gasteiger partial charge in [-0.1, -0.05) is 30.4 Å². The highest BCUT2D eigenvalue weighted by Crippen LogP contribution is 2.25. The van der Waals surface area contributed by atoms with E-state index < -0.39 is 10.0 Å². The second kappa shape index (κ2) is 9.05. The molecular weight excluding hydrogens is 348 g/mol. The summed E-state index contributed by atoms with van der Waals surface area (Å²) in [4.78, 5) is 2.49. The molecule has 0 amide bonds. The molecule has 0 aliphatic carbocycles. The molecule has 5 nitrogen and oxygen atoms in total. The van der Waals surface area contributed by atoms with E-state index in [9.17, 15) is 8.42 Å². The zero-order chi connectivity index (χ0) is 19.2. The molecule has 1 aliphatic heterocycles. The van der Waals surface area contributed by atoms with Crippen LogP contribution >= 0.6 is 0 Å². The third-order valence-electron chi connectivity index (χ3n) is 4.49. The third kappa shape index (κ3) is 4.56. The van der Waals surface area contributed by atoms with Crippen LogP contribution in [0.1, 0.15) is 19.4 Å². The Kier molecular flexibility index (Phi) is 7.06. The van der Waals surface area contributed by atoms with Gasteiger partial charge in [-0.25, -0.2) is 8.42 Å². The molecule has 1 saturated heterocycles. The van der Waals surface area contributed by atoms with Crippen molar-refractivity contribution in [1.82, 2.24) is 9.21 Å². The van der Waals surface area contributed by atoms with E-state index in [1.807, 2.05) is 39.0 Å². The highest BCUT2D eigenvalue weighted by Gasteiger charge is 2.29. The number of ether oxygens (including phenoxy) is 1. The first-order valence-corrected chi connectivity index (χ1v) is 10.2. The minimum absolute atomic E-state index is 0.285. The maximum Gasteiger partial charge on any atom is 0.243 e. The Morgan fingerprint density at radius 3 is 2.38 bits per heavy atom. The van der Waals surface area contributed by atoms with E-state index in [1.54, 1.807) is 29.6 Å². The van der Waals surface area contributed by atoms with Crippen molar-refractivity contribution >= 4 is 10.0 Å². The maximum absolute atomic E-state index is 12.9. The average Bonchev–Trinajstić information content (AvgIpc) is 2.65. The average molecular weight is 377 g/mol. The molecule has 1 aromatic rings. The highest BCUT2D eigenvalue weighted by molar-refractivity contribution is 7.89. The van der Waals surface area contributed by atoms with Gasteiger partial charge in [0.05, 0.1) is 12.0 Å². The molecule has 2 rings (SSSR count). The van der Waals surface area contributed by atoms with Crippen LogP contribution in [0.2, 0.25) is 0 Å². The molecule has 0 spiro atoms. The molecule has 0 N–H and O–H groups in total. The number of allylic oxidation sites excluding steroid dienone is 5. The van der Waals surface area contributed by atoms with Crippen molar-refractivity contribution in [2.24, 2.45) is 0 Å². The number of benzene rings is 1. The summed E-state index contributed by atoms with van der Waals surface area (Å²) in [5.41, 5.74) is 2.03. The molecule has 0 bridgehead atoms. The van der Waals surface area contributed by atoms with Gasteiger partial charge in [0, 0.05) is 37.9 Å². The van der Waals surface area contributed by atoms with Crippen molar-refractivity contribution in [1.29, 1.82) is 0 Å². The van der Waals surface area contributed by atoms with E-state index in [0.29, 0.717) is 31.9 Å². The van der Waals surface area contributed by atoms with Crippen molar-refractivity contribution < 1.29 is 13.2 Å². The van der Waals surface area contributed by atoms with Crippen molar-refractivity contribution in [2.45, 2.75) is 25.7 Å². The van der Waals surface area contributed by atoms with Crippen LogP contribution in [-0.4, -0.2) is 50.9 Å². The van der Waals surface area contributed by atoms with Gasteiger partial charge in [-0.05, 0) is 38.5 Å². The first-order chi connectivity index (χ1) is 12.4. The predicted octanol–water partition coefficient (Wildman–Crippen LogP) is 3.35. The van der Waals surface area contributed by atoms with E-state index in [0.717, 1.165) is 11.3 Å². The standard InChI is InChI=1S/C20H28N2O3S/c1-5-7-8-9-18(6-2)21-12-14-22(15-13-21)26(23,24)19-11-10-17(3)20(16-19)25-4/h5-11,16H,12-15H2,1-4H3/b7-5-,9-8-,18-6+. The van der Waals surface area contributed by atoms with Crippen molar-refractivity contribution in [3.05, 3.63) is 59.8 Å². The van der Waals surface area contributed by atoms with Crippen LogP contribution in [-0.2, 0) is 10.0 Å². The zero-order valence-corrected chi connectivity index (χ0v) is 16.8. The van der Waals surface area contributed by atoms with Gasteiger partial charge in [0.2, 0.25) is 10.0 Å². The van der Waals surface area contributed by atoms with Gasteiger partial charge in [0.1, 0.15) is 5.75 Å². The number of hydrogen-bond donors (Lipinski definition) is 0. The largest absolute Gasteiger partial charge is 0.496 e. The minimum atomic E-state index is -3.51. The summed E-state index contributed by atoms with van der Waals surface area (Å²) >= 11 is 0. The fourth-order valence-corrected chi connectivity index (χ4v) is 4.38. The van der Waals surface area contributed by atoms with Crippen LogP contribution in [0.25, 0.3) is 0 Å². The molecule has 6 heteroatoms. The van der Waals surface area contributed by atoms with Gasteiger partial charge >= 0.3 is 0 Å². The topological polar surface area (TPSA) is 49.9 Å². The molecule has 0 saturated carbocycles. The van der Waals surface area contributed by atoms with Crippen molar-refractivity contribution in [2.75, 3.05) is 33.3 Å². The Labute approximate surface area is 157 Å². The lowest BCUT2D eigenvalue weighted by Gasteiger charge is -2.36. The summed E-state index contributed by atoms with van der Waals surface area (Å²) in [7, 11) is -1.96. The van der Waals surface area contributed by atoms with Crippen LogP contribution in [0.3, 0.4) is 0 Å². The maximum atomic E-state index is 12.9. The lowest BCUT2D eigenvalue weighted by molar-refractivity contribution is 0.233. The van der Waals surface area contributed by atoms with E-state index in [1.165, 1.54) is 0 Å². The fourth-order valence-electron chi connectivity index (χ4n) is 2.95. The van der Waals surface area contributed by atoms with Gasteiger partial charge in [-0.15, -0.1) is 0 Å². The summed E-state index contributed by atoms with van der Waals surface area (Å²) in [6.45, 7) is 8.14. The van der Waals surface area contributed by atoms with E-state index >= 15 is 0 Å². The number of nitrogens with zero attached hydrogens (tertiary/aromatic N) is 2. The van der Waals surface area contributed by atoms with Crippen molar-refractivity contribution in [3.8, 4) is 5.75 Å². The Morgan fingerprint density at radius 1 is 1.12 bits per heavy atom. The first kappa shape index (κ1) is 20.3. The molecule has 1 aromatic carbocycles. The Balaban J connectivity index is 2.11. The number of methoxy groups -OCH3 is 1. The lowest BCUT2D eigenvalue weighted by Crippen LogP contribution is -2.47. The molecule has 1 fully saturated rings. The van der Waals surface area contributed by atoms with E-state index in [-0.39, 0.29) is 4.90 Å². The van der Waals surface area contributed by atoms with Gasteiger partial charge in [0.25, 0.3) is 0 Å². The zero-order valence-electron chi connectivity index (χ0n) is 16.0. The van der Waals surface area contributed by atoms with Crippen LogP contribution in [0.5, 0.6) is 5.75 Å². The number of rotatable bonds is 6. The number of sulfonamides is 1. The van der Waals surface area contributed by atoms with E-state index in [2.05, 4.69) is 17.1 Å². The second-order valence-electron chi connectivity index (χ2n) is 6.12. The van der Waals surface area contributed by atoms with Gasteiger partial charge in [-0.3, -0.25) is 0 Å². The first-order valence-electron chi connectivity index (χ1n) is 8.79. The third-order valence-corrected chi connectivity index (χ3v) is 6.38. The Bertz CT molecular complexity index is 802. The van der Waals surface area contributed by atoms with Crippen LogP contribution in [0.15, 0.2) is 59.2 Å². The molecule has 0 radical (unpaired) electrons. The van der Waals surface area contributed by atoms with Crippen LogP contribution in [0, 0.1) is 6.92 Å². The fraction of sp³-hybridized carbons (Fsp3) is 0.400. The molecule has 0 aromatic heterocycles. The molecular formula is C20H28N2O3S. The SMILES string of the molecule is C\C=C/C=C\C(=C/C)N1CCN(S(=O)(=O)c2ccc(C)c(OC)c2)CC1. The van der Waals surface area contributed by atoms with Gasteiger partial charge in [0.15, 0.2) is 0 Å². The summed E-state index contributed by atoms with van der Waals surface area (Å²) in [5, 5.41) is 0. The molecule has 26 heavy (non-hydrogen) atoms. The molecule has 0 atom stereocenters. The van der Waals surface area contributed by atoms with Crippen molar-refractivity contribution in [3.63, 3.8) is 0 Å². The smallest absolute Gasteiger partial charge is 0.243 e. The summed E-state index contributed by atoms with van der Waals surface area (Å²) in [6, 6.07) is 5.04. The van der Waals surface area contributed by atoms with Crippen LogP contribution in [0.4, 0.5) is 0 Å². The summed E-state index contributed by atoms with van der Waals surface area (Å²) in [6.07, 6.45) is 10.1. The predicted molar refractivity (Wildman–Crippen MR) is 106 cm³/mol. The molecule has 142 valence electrons. The number of aryl methyl sites for hydroxylation is 1.